The molecule has 1 rings (SSSR count). The largest absolute Gasteiger partial charge is 0.305 e. The number of carbonyl (C=O) groups is 2. The lowest BCUT2D eigenvalue weighted by Crippen LogP contribution is -2.43. The highest BCUT2D eigenvalue weighted by molar-refractivity contribution is 7.99. The van der Waals surface area contributed by atoms with Gasteiger partial charge in [0.25, 0.3) is 0 Å². The summed E-state index contributed by atoms with van der Waals surface area (Å²) in [7, 11) is 0. The molecule has 0 radical (unpaired) electrons. The van der Waals surface area contributed by atoms with Gasteiger partial charge in [-0.1, -0.05) is 12.8 Å². The summed E-state index contributed by atoms with van der Waals surface area (Å²) in [6, 6.07) is -0.356. The van der Waals surface area contributed by atoms with E-state index < -0.39 is 0 Å². The molecule has 1 aliphatic rings. The van der Waals surface area contributed by atoms with Gasteiger partial charge in [-0.2, -0.15) is 0 Å². The van der Waals surface area contributed by atoms with Crippen LogP contribution < -0.4 is 5.32 Å². The minimum Gasteiger partial charge on any atom is -0.305 e. The van der Waals surface area contributed by atoms with Crippen molar-refractivity contribution in [2.45, 2.75) is 38.8 Å². The minimum absolute atomic E-state index is 0.00684. The molecule has 0 aromatic rings. The molecule has 1 heterocycles. The van der Waals surface area contributed by atoms with Crippen molar-refractivity contribution >= 4 is 23.6 Å². The summed E-state index contributed by atoms with van der Waals surface area (Å²) in [6.07, 6.45) is 6.22. The second kappa shape index (κ2) is 7.45. The van der Waals surface area contributed by atoms with Crippen LogP contribution in [0, 0.1) is 12.3 Å². The molecule has 5 heteroatoms. The van der Waals surface area contributed by atoms with Gasteiger partial charge in [-0.25, -0.2) is 0 Å². The number of rotatable bonds is 7. The van der Waals surface area contributed by atoms with E-state index in [1.165, 1.54) is 4.90 Å². The lowest BCUT2D eigenvalue weighted by molar-refractivity contribution is -0.141. The molecule has 2 amide bonds. The number of carbonyl (C=O) groups excluding carboxylic acids is 2. The number of likely N-dealkylation sites (tertiary alicyclic amines) is 1. The molecule has 1 saturated heterocycles. The van der Waals surface area contributed by atoms with E-state index in [2.05, 4.69) is 11.2 Å². The highest BCUT2D eigenvalue weighted by Crippen LogP contribution is 2.17. The van der Waals surface area contributed by atoms with Crippen LogP contribution in [-0.2, 0) is 9.59 Å². The zero-order valence-electron chi connectivity index (χ0n) is 10.9. The monoisotopic (exact) mass is 268 g/mol. The Kier molecular flexibility index (Phi) is 6.23. The second-order valence-corrected chi connectivity index (χ2v) is 5.43. The average Bonchev–Trinajstić information content (AvgIpc) is 2.63. The van der Waals surface area contributed by atoms with E-state index in [4.69, 9.17) is 6.42 Å². The van der Waals surface area contributed by atoms with Crippen molar-refractivity contribution in [3.05, 3.63) is 0 Å². The number of thioether (sulfide) groups is 1. The molecule has 18 heavy (non-hydrogen) atoms. The maximum absolute atomic E-state index is 12.0. The van der Waals surface area contributed by atoms with Crippen molar-refractivity contribution in [1.29, 1.82) is 0 Å². The van der Waals surface area contributed by atoms with Gasteiger partial charge in [-0.05, 0) is 13.3 Å². The molecule has 100 valence electrons. The number of nitrogens with one attached hydrogen (secondary N) is 1. The predicted octanol–water partition coefficient (Wildman–Crippen LogP) is 0.868. The molecule has 1 aliphatic heterocycles. The first-order valence-electron chi connectivity index (χ1n) is 6.22. The molecule has 0 aromatic heterocycles. The van der Waals surface area contributed by atoms with Crippen molar-refractivity contribution in [2.24, 2.45) is 0 Å². The molecule has 0 aliphatic carbocycles. The molecule has 2 unspecified atom stereocenters. The smallest absolute Gasteiger partial charge is 0.247 e. The van der Waals surface area contributed by atoms with Gasteiger partial charge < -0.3 is 5.32 Å². The lowest BCUT2D eigenvalue weighted by Gasteiger charge is -2.21. The summed E-state index contributed by atoms with van der Waals surface area (Å²) >= 11 is 1.64. The Balaban J connectivity index is 2.39. The Hall–Kier alpha value is -0.990. The number of terminal acetylenes is 1. The SMILES string of the molecule is C#CCSCCNC1CC(=O)N(C(C)CC)C1=O. The summed E-state index contributed by atoms with van der Waals surface area (Å²) in [4.78, 5) is 25.2. The third-order valence-electron chi connectivity index (χ3n) is 3.04. The molecule has 0 aromatic carbocycles. The number of hydrogen-bond acceptors (Lipinski definition) is 4. The Labute approximate surface area is 113 Å². The second-order valence-electron chi connectivity index (χ2n) is 4.33. The molecule has 1 N–H and O–H groups in total. The van der Waals surface area contributed by atoms with Crippen LogP contribution in [0.2, 0.25) is 0 Å². The Morgan fingerprint density at radius 1 is 1.61 bits per heavy atom. The zero-order chi connectivity index (χ0) is 13.5. The standard InChI is InChI=1S/C13H20N2O2S/c1-4-7-18-8-6-14-11-9-12(16)15(13(11)17)10(3)5-2/h1,10-11,14H,5-9H2,2-3H3. The van der Waals surface area contributed by atoms with Crippen LogP contribution in [0.5, 0.6) is 0 Å². The van der Waals surface area contributed by atoms with Crippen molar-refractivity contribution in [1.82, 2.24) is 10.2 Å². The molecule has 2 atom stereocenters. The number of nitrogens with zero attached hydrogens (tertiary/aromatic N) is 1. The van der Waals surface area contributed by atoms with Gasteiger partial charge in [0.2, 0.25) is 11.8 Å². The van der Waals surface area contributed by atoms with Crippen LogP contribution in [-0.4, -0.2) is 46.8 Å². The fourth-order valence-corrected chi connectivity index (χ4v) is 2.42. The van der Waals surface area contributed by atoms with Gasteiger partial charge in [0.15, 0.2) is 0 Å². The van der Waals surface area contributed by atoms with E-state index in [1.807, 2.05) is 13.8 Å². The van der Waals surface area contributed by atoms with E-state index in [1.54, 1.807) is 11.8 Å². The van der Waals surface area contributed by atoms with Crippen LogP contribution in [0.25, 0.3) is 0 Å². The van der Waals surface area contributed by atoms with Crippen LogP contribution in [0.15, 0.2) is 0 Å². The summed E-state index contributed by atoms with van der Waals surface area (Å²) in [6.45, 7) is 4.58. The van der Waals surface area contributed by atoms with Crippen LogP contribution in [0.4, 0.5) is 0 Å². The van der Waals surface area contributed by atoms with Crippen molar-refractivity contribution < 1.29 is 9.59 Å². The topological polar surface area (TPSA) is 49.4 Å². The average molecular weight is 268 g/mol. The molecular formula is C13H20N2O2S. The number of imide groups is 1. The molecule has 0 spiro atoms. The van der Waals surface area contributed by atoms with Crippen molar-refractivity contribution in [3.63, 3.8) is 0 Å². The Morgan fingerprint density at radius 2 is 2.33 bits per heavy atom. The Morgan fingerprint density at radius 3 is 2.94 bits per heavy atom. The highest BCUT2D eigenvalue weighted by Gasteiger charge is 2.39. The fourth-order valence-electron chi connectivity index (χ4n) is 1.89. The van der Waals surface area contributed by atoms with E-state index >= 15 is 0 Å². The maximum atomic E-state index is 12.0. The van der Waals surface area contributed by atoms with E-state index in [0.29, 0.717) is 12.3 Å². The molecular weight excluding hydrogens is 248 g/mol. The summed E-state index contributed by atoms with van der Waals surface area (Å²) in [5, 5.41) is 3.13. The molecule has 1 fully saturated rings. The first-order valence-corrected chi connectivity index (χ1v) is 7.37. The van der Waals surface area contributed by atoms with E-state index in [-0.39, 0.29) is 30.3 Å². The van der Waals surface area contributed by atoms with Gasteiger partial charge in [0, 0.05) is 18.3 Å². The first-order chi connectivity index (χ1) is 8.61. The van der Waals surface area contributed by atoms with Crippen LogP contribution >= 0.6 is 11.8 Å². The normalized spacial score (nSPS) is 21.2. The quantitative estimate of drug-likeness (QED) is 0.423. The molecule has 0 saturated carbocycles. The lowest BCUT2D eigenvalue weighted by atomic mass is 10.2. The third-order valence-corrected chi connectivity index (χ3v) is 3.90. The number of amides is 2. The van der Waals surface area contributed by atoms with Crippen molar-refractivity contribution in [2.75, 3.05) is 18.1 Å². The van der Waals surface area contributed by atoms with Gasteiger partial charge in [-0.3, -0.25) is 14.5 Å². The summed E-state index contributed by atoms with van der Waals surface area (Å²) < 4.78 is 0. The minimum atomic E-state index is -0.349. The molecule has 0 bridgehead atoms. The summed E-state index contributed by atoms with van der Waals surface area (Å²) in [5.74, 6) is 3.93. The summed E-state index contributed by atoms with van der Waals surface area (Å²) in [5.41, 5.74) is 0. The zero-order valence-corrected chi connectivity index (χ0v) is 11.8. The van der Waals surface area contributed by atoms with Crippen LogP contribution in [0.3, 0.4) is 0 Å². The van der Waals surface area contributed by atoms with Gasteiger partial charge >= 0.3 is 0 Å². The van der Waals surface area contributed by atoms with Gasteiger partial charge in [-0.15, -0.1) is 18.2 Å². The maximum Gasteiger partial charge on any atom is 0.247 e. The highest BCUT2D eigenvalue weighted by atomic mass is 32.2. The van der Waals surface area contributed by atoms with Crippen molar-refractivity contribution in [3.8, 4) is 12.3 Å². The third kappa shape index (κ3) is 3.76. The first kappa shape index (κ1) is 15.1. The number of hydrogen-bond donors (Lipinski definition) is 1. The fraction of sp³-hybridized carbons (Fsp3) is 0.692. The van der Waals surface area contributed by atoms with Gasteiger partial charge in [0.1, 0.15) is 0 Å². The van der Waals surface area contributed by atoms with Gasteiger partial charge in [0.05, 0.1) is 18.2 Å². The van der Waals surface area contributed by atoms with E-state index in [0.717, 1.165) is 12.2 Å². The predicted molar refractivity (Wildman–Crippen MR) is 74.2 cm³/mol. The molecule has 4 nitrogen and oxygen atoms in total. The van der Waals surface area contributed by atoms with E-state index in [9.17, 15) is 9.59 Å². The Bertz CT molecular complexity index is 351. The van der Waals surface area contributed by atoms with Crippen LogP contribution in [0.1, 0.15) is 26.7 Å².